The fraction of sp³-hybridized carbons (Fsp3) is 0.227. The van der Waals surface area contributed by atoms with Crippen LogP contribution in [0.5, 0.6) is 0 Å². The highest BCUT2D eigenvalue weighted by Gasteiger charge is 2.28. The molecule has 5 N–H and O–H groups in total. The summed E-state index contributed by atoms with van der Waals surface area (Å²) in [4.78, 5) is 13.3. The second kappa shape index (κ2) is 8.98. The van der Waals surface area contributed by atoms with Crippen LogP contribution in [0, 0.1) is 5.82 Å². The van der Waals surface area contributed by atoms with Crippen LogP contribution in [0.2, 0.25) is 0 Å². The van der Waals surface area contributed by atoms with Crippen LogP contribution in [0.1, 0.15) is 35.0 Å². The predicted molar refractivity (Wildman–Crippen MR) is 123 cm³/mol. The molecule has 0 aliphatic heterocycles. The second-order valence-electron chi connectivity index (χ2n) is 6.87. The summed E-state index contributed by atoms with van der Waals surface area (Å²) in [5.41, 5.74) is 12.2. The van der Waals surface area contributed by atoms with Gasteiger partial charge in [-0.1, -0.05) is 31.7 Å². The predicted octanol–water partition coefficient (Wildman–Crippen LogP) is 5.41. The van der Waals surface area contributed by atoms with Gasteiger partial charge >= 0.3 is 0 Å². The van der Waals surface area contributed by atoms with Gasteiger partial charge in [0.25, 0.3) is 5.91 Å². The van der Waals surface area contributed by atoms with Gasteiger partial charge in [0, 0.05) is 27.2 Å². The molecule has 0 aliphatic carbocycles. The zero-order valence-electron chi connectivity index (χ0n) is 16.2. The molecule has 29 heavy (non-hydrogen) atoms. The molecule has 4 nitrogen and oxygen atoms in total. The zero-order chi connectivity index (χ0) is 21.0. The minimum Gasteiger partial charge on any atom is -0.394 e. The smallest absolute Gasteiger partial charge is 0.265 e. The summed E-state index contributed by atoms with van der Waals surface area (Å²) in [6.07, 6.45) is 1.09. The molecule has 1 aromatic heterocycles. The largest absolute Gasteiger partial charge is 0.394 e. The summed E-state index contributed by atoms with van der Waals surface area (Å²) < 4.78 is 15.6. The van der Waals surface area contributed by atoms with Gasteiger partial charge in [-0.15, -0.1) is 23.1 Å². The van der Waals surface area contributed by atoms with E-state index in [1.54, 1.807) is 12.1 Å². The Morgan fingerprint density at radius 1 is 1.28 bits per heavy atom. The number of thioether (sulfide) groups is 1. The van der Waals surface area contributed by atoms with Crippen LogP contribution < -0.4 is 16.8 Å². The van der Waals surface area contributed by atoms with Crippen molar-refractivity contribution in [3.05, 3.63) is 76.4 Å². The number of hydrogen-bond acceptors (Lipinski definition) is 5. The highest BCUT2D eigenvalue weighted by Crippen LogP contribution is 2.32. The van der Waals surface area contributed by atoms with E-state index >= 15 is 0 Å². The number of thiophene rings is 1. The number of nitrogens with one attached hydrogen (secondary N) is 1. The van der Waals surface area contributed by atoms with Gasteiger partial charge in [-0.25, -0.2) is 4.39 Å². The van der Waals surface area contributed by atoms with Crippen LogP contribution in [0.4, 0.5) is 10.1 Å². The first-order valence-electron chi connectivity index (χ1n) is 9.28. The highest BCUT2D eigenvalue weighted by atomic mass is 32.2. The molecular formula is C22H24FN3OS2. The standard InChI is InChI=1S/C22H24FN3OS2/c1-3-22(25,10-11-28-14(2)24)17-13-16(8-9-18(17)23)26-21(27)20-12-15-6-4-5-7-19(15)29-20/h4-9,12-13H,2-3,10-11,24-25H2,1H3,(H,26,27)/t22-/m0/s1. The number of nitrogens with two attached hydrogens (primary N) is 2. The van der Waals surface area contributed by atoms with Crippen LogP contribution in [0.25, 0.3) is 10.1 Å². The lowest BCUT2D eigenvalue weighted by atomic mass is 9.85. The molecule has 0 radical (unpaired) electrons. The number of carbonyl (C=O) groups excluding carboxylic acids is 1. The Hall–Kier alpha value is -2.35. The summed E-state index contributed by atoms with van der Waals surface area (Å²) in [5.74, 6) is 0.0287. The van der Waals surface area contributed by atoms with E-state index in [4.69, 9.17) is 11.5 Å². The monoisotopic (exact) mass is 429 g/mol. The minimum atomic E-state index is -0.856. The summed E-state index contributed by atoms with van der Waals surface area (Å²) >= 11 is 2.82. The van der Waals surface area contributed by atoms with Crippen molar-refractivity contribution >= 4 is 44.8 Å². The zero-order valence-corrected chi connectivity index (χ0v) is 17.8. The quantitative estimate of drug-likeness (QED) is 0.447. The third-order valence-electron chi connectivity index (χ3n) is 4.88. The van der Waals surface area contributed by atoms with Gasteiger partial charge in [0.15, 0.2) is 0 Å². The maximum absolute atomic E-state index is 14.6. The molecule has 1 heterocycles. The number of benzene rings is 2. The van der Waals surface area contributed by atoms with Crippen molar-refractivity contribution in [1.82, 2.24) is 0 Å². The third kappa shape index (κ3) is 4.98. The maximum atomic E-state index is 14.6. The summed E-state index contributed by atoms with van der Waals surface area (Å²) in [7, 11) is 0. The first-order chi connectivity index (χ1) is 13.8. The molecule has 152 valence electrons. The van der Waals surface area contributed by atoms with Crippen LogP contribution >= 0.6 is 23.1 Å². The van der Waals surface area contributed by atoms with Gasteiger partial charge < -0.3 is 16.8 Å². The lowest BCUT2D eigenvalue weighted by molar-refractivity contribution is 0.103. The van der Waals surface area contributed by atoms with Crippen molar-refractivity contribution in [2.75, 3.05) is 11.1 Å². The first-order valence-corrected chi connectivity index (χ1v) is 11.1. The van der Waals surface area contributed by atoms with Crippen LogP contribution in [0.3, 0.4) is 0 Å². The van der Waals surface area contributed by atoms with Crippen molar-refractivity contribution < 1.29 is 9.18 Å². The van der Waals surface area contributed by atoms with E-state index in [0.29, 0.717) is 39.8 Å². The van der Waals surface area contributed by atoms with E-state index in [-0.39, 0.29) is 11.7 Å². The van der Waals surface area contributed by atoms with E-state index in [1.165, 1.54) is 29.2 Å². The average molecular weight is 430 g/mol. The maximum Gasteiger partial charge on any atom is 0.265 e. The first kappa shape index (κ1) is 21.4. The molecule has 0 saturated heterocycles. The number of rotatable bonds is 8. The Balaban J connectivity index is 1.81. The van der Waals surface area contributed by atoms with E-state index < -0.39 is 5.54 Å². The number of amides is 1. The SMILES string of the molecule is C=C(N)SCC[C@@](N)(CC)c1cc(NC(=O)c2cc3ccccc3s2)ccc1F. The van der Waals surface area contributed by atoms with Gasteiger partial charge in [0.05, 0.1) is 9.91 Å². The highest BCUT2D eigenvalue weighted by molar-refractivity contribution is 8.02. The number of fused-ring (bicyclic) bond motifs is 1. The molecular weight excluding hydrogens is 405 g/mol. The topological polar surface area (TPSA) is 81.1 Å². The minimum absolute atomic E-state index is 0.224. The van der Waals surface area contributed by atoms with Gasteiger partial charge in [-0.2, -0.15) is 0 Å². The lowest BCUT2D eigenvalue weighted by Crippen LogP contribution is -2.37. The van der Waals surface area contributed by atoms with Crippen molar-refractivity contribution in [3.63, 3.8) is 0 Å². The summed E-state index contributed by atoms with van der Waals surface area (Å²) in [6.45, 7) is 5.58. The Labute approximate surface area is 178 Å². The molecule has 3 aromatic rings. The van der Waals surface area contributed by atoms with Crippen molar-refractivity contribution in [1.29, 1.82) is 0 Å². The summed E-state index contributed by atoms with van der Waals surface area (Å²) in [6, 6.07) is 14.2. The van der Waals surface area contributed by atoms with E-state index in [1.807, 2.05) is 37.3 Å². The van der Waals surface area contributed by atoms with Crippen molar-refractivity contribution in [3.8, 4) is 0 Å². The van der Waals surface area contributed by atoms with E-state index in [2.05, 4.69) is 11.9 Å². The number of anilines is 1. The number of carbonyl (C=O) groups is 1. The average Bonchev–Trinajstić information content (AvgIpc) is 3.13. The molecule has 0 spiro atoms. The normalized spacial score (nSPS) is 13.2. The summed E-state index contributed by atoms with van der Waals surface area (Å²) in [5, 5.41) is 4.40. The Morgan fingerprint density at radius 2 is 2.03 bits per heavy atom. The molecule has 0 bridgehead atoms. The molecule has 0 saturated carbocycles. The van der Waals surface area contributed by atoms with E-state index in [9.17, 15) is 9.18 Å². The van der Waals surface area contributed by atoms with Gasteiger partial charge in [-0.3, -0.25) is 4.79 Å². The van der Waals surface area contributed by atoms with Crippen LogP contribution in [-0.2, 0) is 5.54 Å². The molecule has 0 fully saturated rings. The fourth-order valence-corrected chi connectivity index (χ4v) is 4.82. The molecule has 3 rings (SSSR count). The Morgan fingerprint density at radius 3 is 2.72 bits per heavy atom. The Kier molecular flexibility index (Phi) is 6.62. The third-order valence-corrected chi connectivity index (χ3v) is 6.77. The van der Waals surface area contributed by atoms with Crippen molar-refractivity contribution in [2.24, 2.45) is 11.5 Å². The fourth-order valence-electron chi connectivity index (χ4n) is 3.14. The molecule has 1 atom stereocenters. The second-order valence-corrected chi connectivity index (χ2v) is 9.18. The molecule has 1 amide bonds. The van der Waals surface area contributed by atoms with Crippen LogP contribution in [0.15, 0.2) is 60.1 Å². The molecule has 2 aromatic carbocycles. The van der Waals surface area contributed by atoms with Crippen molar-refractivity contribution in [2.45, 2.75) is 25.3 Å². The van der Waals surface area contributed by atoms with Gasteiger partial charge in [0.1, 0.15) is 5.82 Å². The van der Waals surface area contributed by atoms with E-state index in [0.717, 1.165) is 10.1 Å². The number of hydrogen-bond donors (Lipinski definition) is 3. The molecule has 7 heteroatoms. The van der Waals surface area contributed by atoms with Gasteiger partial charge in [-0.05, 0) is 48.6 Å². The lowest BCUT2D eigenvalue weighted by Gasteiger charge is -2.29. The number of halogens is 1. The van der Waals surface area contributed by atoms with Gasteiger partial charge in [0.2, 0.25) is 0 Å². The molecule has 0 aliphatic rings. The molecule has 0 unspecified atom stereocenters. The van der Waals surface area contributed by atoms with Crippen LogP contribution in [-0.4, -0.2) is 11.7 Å². The Bertz CT molecular complexity index is 1020.